The van der Waals surface area contributed by atoms with Gasteiger partial charge in [0.1, 0.15) is 12.4 Å². The molecule has 0 bridgehead atoms. The first-order valence-electron chi connectivity index (χ1n) is 6.98. The minimum Gasteiger partial charge on any atom is -0.490 e. The Labute approximate surface area is 116 Å². The number of benzene rings is 1. The molecule has 0 saturated heterocycles. The van der Waals surface area contributed by atoms with Crippen LogP contribution in [0.2, 0.25) is 0 Å². The first-order chi connectivity index (χ1) is 9.36. The number of hydrogen-bond acceptors (Lipinski definition) is 3. The Morgan fingerprint density at radius 2 is 2.00 bits per heavy atom. The molecule has 0 aromatic heterocycles. The van der Waals surface area contributed by atoms with Crippen LogP contribution in [-0.2, 0) is 11.3 Å². The zero-order chi connectivity index (χ0) is 13.8. The quantitative estimate of drug-likeness (QED) is 0.491. The van der Waals surface area contributed by atoms with E-state index in [2.05, 4.69) is 31.0 Å². The second-order valence-corrected chi connectivity index (χ2v) is 4.39. The molecule has 0 radical (unpaired) electrons. The Bertz CT molecular complexity index is 335. The van der Waals surface area contributed by atoms with E-state index in [1.165, 1.54) is 5.56 Å². The van der Waals surface area contributed by atoms with Crippen molar-refractivity contribution in [2.75, 3.05) is 26.4 Å². The maximum atomic E-state index is 5.44. The lowest BCUT2D eigenvalue weighted by molar-refractivity contribution is 0.132. The van der Waals surface area contributed by atoms with Crippen LogP contribution in [0.15, 0.2) is 36.9 Å². The zero-order valence-electron chi connectivity index (χ0n) is 11.9. The van der Waals surface area contributed by atoms with Crippen LogP contribution in [0.5, 0.6) is 5.75 Å². The van der Waals surface area contributed by atoms with Crippen molar-refractivity contribution in [1.29, 1.82) is 0 Å². The van der Waals surface area contributed by atoms with Crippen molar-refractivity contribution in [2.45, 2.75) is 26.3 Å². The third-order valence-electron chi connectivity index (χ3n) is 2.61. The molecule has 0 aliphatic carbocycles. The van der Waals surface area contributed by atoms with Crippen LogP contribution in [0, 0.1) is 0 Å². The maximum Gasteiger partial charge on any atom is 0.119 e. The highest BCUT2D eigenvalue weighted by Gasteiger charge is 1.95. The van der Waals surface area contributed by atoms with Crippen LogP contribution in [0.4, 0.5) is 0 Å². The van der Waals surface area contributed by atoms with Crippen LogP contribution < -0.4 is 10.1 Å². The lowest BCUT2D eigenvalue weighted by Crippen LogP contribution is -2.16. The average molecular weight is 263 g/mol. The van der Waals surface area contributed by atoms with Gasteiger partial charge in [-0.3, -0.25) is 0 Å². The van der Waals surface area contributed by atoms with Gasteiger partial charge in [0.15, 0.2) is 0 Å². The molecule has 1 aromatic carbocycles. The van der Waals surface area contributed by atoms with E-state index in [0.717, 1.165) is 44.9 Å². The number of hydrogen-bond donors (Lipinski definition) is 1. The highest BCUT2D eigenvalue weighted by molar-refractivity contribution is 5.27. The summed E-state index contributed by atoms with van der Waals surface area (Å²) >= 11 is 0. The minimum atomic E-state index is 0.551. The molecule has 1 rings (SSSR count). The molecule has 3 nitrogen and oxygen atoms in total. The number of ether oxygens (including phenoxy) is 2. The molecule has 0 atom stereocenters. The first-order valence-corrected chi connectivity index (χ1v) is 6.98. The van der Waals surface area contributed by atoms with E-state index >= 15 is 0 Å². The van der Waals surface area contributed by atoms with Gasteiger partial charge in [-0.25, -0.2) is 0 Å². The van der Waals surface area contributed by atoms with Crippen molar-refractivity contribution in [3.05, 3.63) is 42.5 Å². The van der Waals surface area contributed by atoms with Gasteiger partial charge < -0.3 is 14.8 Å². The molecule has 0 fully saturated rings. The fourth-order valence-electron chi connectivity index (χ4n) is 1.64. The SMILES string of the molecule is C=CCOc1ccc(CNCCCOCCC)cc1. The lowest BCUT2D eigenvalue weighted by atomic mass is 10.2. The van der Waals surface area contributed by atoms with E-state index in [9.17, 15) is 0 Å². The minimum absolute atomic E-state index is 0.551. The molecular formula is C16H25NO2. The van der Waals surface area contributed by atoms with Gasteiger partial charge in [-0.15, -0.1) is 0 Å². The highest BCUT2D eigenvalue weighted by atomic mass is 16.5. The molecule has 0 saturated carbocycles. The van der Waals surface area contributed by atoms with Gasteiger partial charge in [-0.2, -0.15) is 0 Å². The maximum absolute atomic E-state index is 5.44. The van der Waals surface area contributed by atoms with Crippen LogP contribution >= 0.6 is 0 Å². The lowest BCUT2D eigenvalue weighted by Gasteiger charge is -2.07. The van der Waals surface area contributed by atoms with E-state index in [-0.39, 0.29) is 0 Å². The van der Waals surface area contributed by atoms with Crippen molar-refractivity contribution >= 4 is 0 Å². The van der Waals surface area contributed by atoms with Gasteiger partial charge in [0.05, 0.1) is 0 Å². The predicted octanol–water partition coefficient (Wildman–Crippen LogP) is 3.16. The molecule has 0 spiro atoms. The van der Waals surface area contributed by atoms with Crippen molar-refractivity contribution in [1.82, 2.24) is 5.32 Å². The van der Waals surface area contributed by atoms with Gasteiger partial charge in [0.25, 0.3) is 0 Å². The van der Waals surface area contributed by atoms with Gasteiger partial charge in [-0.05, 0) is 37.1 Å². The molecule has 19 heavy (non-hydrogen) atoms. The van der Waals surface area contributed by atoms with Gasteiger partial charge in [0.2, 0.25) is 0 Å². The fourth-order valence-corrected chi connectivity index (χ4v) is 1.64. The van der Waals surface area contributed by atoms with E-state index < -0.39 is 0 Å². The number of rotatable bonds is 11. The third-order valence-corrected chi connectivity index (χ3v) is 2.61. The molecule has 3 heteroatoms. The molecule has 1 aromatic rings. The summed E-state index contributed by atoms with van der Waals surface area (Å²) in [6.45, 7) is 9.88. The predicted molar refractivity (Wildman–Crippen MR) is 79.6 cm³/mol. The van der Waals surface area contributed by atoms with Crippen LogP contribution in [0.25, 0.3) is 0 Å². The smallest absolute Gasteiger partial charge is 0.119 e. The van der Waals surface area contributed by atoms with E-state index in [4.69, 9.17) is 9.47 Å². The molecule has 0 heterocycles. The summed E-state index contributed by atoms with van der Waals surface area (Å²) in [5.74, 6) is 0.886. The van der Waals surface area contributed by atoms with Crippen molar-refractivity contribution < 1.29 is 9.47 Å². The van der Waals surface area contributed by atoms with Gasteiger partial charge in [0, 0.05) is 19.8 Å². The Kier molecular flexibility index (Phi) is 8.77. The fraction of sp³-hybridized carbons (Fsp3) is 0.500. The molecule has 0 unspecified atom stereocenters. The summed E-state index contributed by atoms with van der Waals surface area (Å²) in [4.78, 5) is 0. The second-order valence-electron chi connectivity index (χ2n) is 4.39. The molecule has 0 amide bonds. The van der Waals surface area contributed by atoms with E-state index in [1.54, 1.807) is 6.08 Å². The molecular weight excluding hydrogens is 238 g/mol. The summed E-state index contributed by atoms with van der Waals surface area (Å²) in [6, 6.07) is 8.15. The third kappa shape index (κ3) is 7.65. The molecule has 106 valence electrons. The second kappa shape index (κ2) is 10.6. The Balaban J connectivity index is 2.10. The monoisotopic (exact) mass is 263 g/mol. The normalized spacial score (nSPS) is 10.4. The highest BCUT2D eigenvalue weighted by Crippen LogP contribution is 2.11. The summed E-state index contributed by atoms with van der Waals surface area (Å²) in [5, 5.41) is 3.40. The van der Waals surface area contributed by atoms with E-state index in [0.29, 0.717) is 6.61 Å². The topological polar surface area (TPSA) is 30.5 Å². The van der Waals surface area contributed by atoms with Gasteiger partial charge in [-0.1, -0.05) is 31.7 Å². The van der Waals surface area contributed by atoms with Crippen LogP contribution in [-0.4, -0.2) is 26.4 Å². The van der Waals surface area contributed by atoms with Crippen LogP contribution in [0.1, 0.15) is 25.3 Å². The molecule has 0 aliphatic rings. The van der Waals surface area contributed by atoms with E-state index in [1.807, 2.05) is 12.1 Å². The molecule has 0 aliphatic heterocycles. The van der Waals surface area contributed by atoms with Crippen LogP contribution in [0.3, 0.4) is 0 Å². The Morgan fingerprint density at radius 3 is 2.68 bits per heavy atom. The summed E-state index contributed by atoms with van der Waals surface area (Å²) < 4.78 is 10.9. The standard InChI is InChI=1S/C16H25NO2/c1-3-11-18-13-5-10-17-14-15-6-8-16(9-7-15)19-12-4-2/h4,6-9,17H,2-3,5,10-14H2,1H3. The summed E-state index contributed by atoms with van der Waals surface area (Å²) in [7, 11) is 0. The number of nitrogens with one attached hydrogen (secondary N) is 1. The summed E-state index contributed by atoms with van der Waals surface area (Å²) in [6.07, 6.45) is 3.89. The first kappa shape index (κ1) is 15.7. The van der Waals surface area contributed by atoms with Crippen molar-refractivity contribution in [3.63, 3.8) is 0 Å². The Hall–Kier alpha value is -1.32. The Morgan fingerprint density at radius 1 is 1.21 bits per heavy atom. The van der Waals surface area contributed by atoms with Crippen molar-refractivity contribution in [2.24, 2.45) is 0 Å². The van der Waals surface area contributed by atoms with Gasteiger partial charge >= 0.3 is 0 Å². The van der Waals surface area contributed by atoms with Crippen molar-refractivity contribution in [3.8, 4) is 5.75 Å². The summed E-state index contributed by atoms with van der Waals surface area (Å²) in [5.41, 5.74) is 1.26. The molecule has 1 N–H and O–H groups in total. The largest absolute Gasteiger partial charge is 0.490 e. The zero-order valence-corrected chi connectivity index (χ0v) is 11.9. The average Bonchev–Trinajstić information content (AvgIpc) is 2.45.